The molecular weight excluding hydrogens is 343 g/mol. The number of ether oxygens (including phenoxy) is 1. The second kappa shape index (κ2) is 7.64. The average Bonchev–Trinajstić information content (AvgIpc) is 2.53. The molecule has 0 heterocycles. The Morgan fingerprint density at radius 1 is 1.29 bits per heavy atom. The number of hydrogen-bond acceptors (Lipinski definition) is 2. The predicted octanol–water partition coefficient (Wildman–Crippen LogP) is 4.68. The SMILES string of the molecule is COc1ccc(Cl)cc1CN(C)C(=O)C1CCC(C(F)(F)F)CC1. The molecule has 1 amide bonds. The average molecular weight is 364 g/mol. The molecule has 134 valence electrons. The van der Waals surface area contributed by atoms with E-state index in [0.717, 1.165) is 5.56 Å². The summed E-state index contributed by atoms with van der Waals surface area (Å²) < 4.78 is 43.4. The number of benzene rings is 1. The molecule has 1 aromatic carbocycles. The highest BCUT2D eigenvalue weighted by atomic mass is 35.5. The van der Waals surface area contributed by atoms with Gasteiger partial charge in [0.25, 0.3) is 0 Å². The quantitative estimate of drug-likeness (QED) is 0.777. The van der Waals surface area contributed by atoms with E-state index in [4.69, 9.17) is 16.3 Å². The Bertz CT molecular complexity index is 584. The van der Waals surface area contributed by atoms with Crippen molar-refractivity contribution in [3.05, 3.63) is 28.8 Å². The number of amides is 1. The summed E-state index contributed by atoms with van der Waals surface area (Å²) in [5.74, 6) is -1.13. The van der Waals surface area contributed by atoms with Crippen LogP contribution in [0.2, 0.25) is 5.02 Å². The summed E-state index contributed by atoms with van der Waals surface area (Å²) in [7, 11) is 3.19. The van der Waals surface area contributed by atoms with E-state index in [1.54, 1.807) is 25.2 Å². The smallest absolute Gasteiger partial charge is 0.391 e. The zero-order valence-corrected chi connectivity index (χ0v) is 14.5. The number of hydrogen-bond donors (Lipinski definition) is 0. The molecule has 0 bridgehead atoms. The number of carbonyl (C=O) groups excluding carboxylic acids is 1. The predicted molar refractivity (Wildman–Crippen MR) is 86.0 cm³/mol. The molecule has 0 spiro atoms. The van der Waals surface area contributed by atoms with E-state index in [2.05, 4.69) is 0 Å². The fraction of sp³-hybridized carbons (Fsp3) is 0.588. The summed E-state index contributed by atoms with van der Waals surface area (Å²) in [6.07, 6.45) is -3.56. The molecule has 1 aliphatic carbocycles. The maximum absolute atomic E-state index is 12.7. The van der Waals surface area contributed by atoms with Crippen LogP contribution in [0.5, 0.6) is 5.75 Å². The molecule has 2 rings (SSSR count). The maximum Gasteiger partial charge on any atom is 0.391 e. The van der Waals surface area contributed by atoms with Crippen LogP contribution in [0, 0.1) is 11.8 Å². The summed E-state index contributed by atoms with van der Waals surface area (Å²) in [4.78, 5) is 14.0. The van der Waals surface area contributed by atoms with Crippen LogP contribution < -0.4 is 4.74 Å². The van der Waals surface area contributed by atoms with Crippen LogP contribution in [0.3, 0.4) is 0 Å². The first-order valence-electron chi connectivity index (χ1n) is 7.86. The highest BCUT2D eigenvalue weighted by Gasteiger charge is 2.42. The third kappa shape index (κ3) is 4.56. The number of halogens is 4. The topological polar surface area (TPSA) is 29.5 Å². The minimum atomic E-state index is -4.16. The van der Waals surface area contributed by atoms with Gasteiger partial charge in [-0.3, -0.25) is 4.79 Å². The Hall–Kier alpha value is -1.43. The molecule has 1 aliphatic rings. The lowest BCUT2D eigenvalue weighted by Gasteiger charge is -2.31. The number of carbonyl (C=O) groups is 1. The standard InChI is InChI=1S/C17H21ClF3NO2/c1-22(10-12-9-14(18)7-8-15(12)24-2)16(23)11-3-5-13(6-4-11)17(19,20)21/h7-9,11,13H,3-6,10H2,1-2H3. The normalized spacial score (nSPS) is 21.4. The van der Waals surface area contributed by atoms with Gasteiger partial charge in [0.1, 0.15) is 5.75 Å². The fourth-order valence-corrected chi connectivity index (χ4v) is 3.38. The number of nitrogens with zero attached hydrogens (tertiary/aromatic N) is 1. The zero-order chi connectivity index (χ0) is 17.9. The summed E-state index contributed by atoms with van der Waals surface area (Å²) in [6.45, 7) is 0.307. The van der Waals surface area contributed by atoms with Gasteiger partial charge in [-0.05, 0) is 43.9 Å². The summed E-state index contributed by atoms with van der Waals surface area (Å²) in [5, 5.41) is 0.539. The third-order valence-corrected chi connectivity index (χ3v) is 4.80. The van der Waals surface area contributed by atoms with Crippen LogP contribution in [-0.2, 0) is 11.3 Å². The molecule has 0 radical (unpaired) electrons. The first-order valence-corrected chi connectivity index (χ1v) is 8.24. The highest BCUT2D eigenvalue weighted by molar-refractivity contribution is 6.30. The van der Waals surface area contributed by atoms with Crippen molar-refractivity contribution < 1.29 is 22.7 Å². The molecule has 1 aromatic rings. The lowest BCUT2D eigenvalue weighted by Crippen LogP contribution is -2.36. The highest BCUT2D eigenvalue weighted by Crippen LogP contribution is 2.40. The van der Waals surface area contributed by atoms with Gasteiger partial charge >= 0.3 is 6.18 Å². The van der Waals surface area contributed by atoms with Crippen molar-refractivity contribution in [2.24, 2.45) is 11.8 Å². The minimum absolute atomic E-state index is 0.0221. The first-order chi connectivity index (χ1) is 11.2. The van der Waals surface area contributed by atoms with Crippen LogP contribution in [0.4, 0.5) is 13.2 Å². The largest absolute Gasteiger partial charge is 0.496 e. The van der Waals surface area contributed by atoms with Gasteiger partial charge in [0, 0.05) is 30.1 Å². The van der Waals surface area contributed by atoms with E-state index in [1.165, 1.54) is 12.0 Å². The van der Waals surface area contributed by atoms with Crippen molar-refractivity contribution in [2.75, 3.05) is 14.2 Å². The Balaban J connectivity index is 1.97. The van der Waals surface area contributed by atoms with E-state index in [1.807, 2.05) is 0 Å². The van der Waals surface area contributed by atoms with Gasteiger partial charge in [-0.15, -0.1) is 0 Å². The van der Waals surface area contributed by atoms with Gasteiger partial charge in [-0.2, -0.15) is 13.2 Å². The molecule has 0 aromatic heterocycles. The van der Waals surface area contributed by atoms with E-state index in [0.29, 0.717) is 17.3 Å². The maximum atomic E-state index is 12.7. The molecule has 0 N–H and O–H groups in total. The molecule has 3 nitrogen and oxygen atoms in total. The van der Waals surface area contributed by atoms with Gasteiger partial charge < -0.3 is 9.64 Å². The van der Waals surface area contributed by atoms with Crippen molar-refractivity contribution in [2.45, 2.75) is 38.4 Å². The van der Waals surface area contributed by atoms with Gasteiger partial charge in [-0.25, -0.2) is 0 Å². The summed E-state index contributed by atoms with van der Waals surface area (Å²) in [6, 6.07) is 5.15. The van der Waals surface area contributed by atoms with Crippen molar-refractivity contribution in [3.63, 3.8) is 0 Å². The fourth-order valence-electron chi connectivity index (χ4n) is 3.18. The van der Waals surface area contributed by atoms with Crippen molar-refractivity contribution in [3.8, 4) is 5.75 Å². The van der Waals surface area contributed by atoms with Crippen molar-refractivity contribution in [1.82, 2.24) is 4.90 Å². The second-order valence-corrected chi connectivity index (χ2v) is 6.68. The third-order valence-electron chi connectivity index (χ3n) is 4.57. The molecule has 0 saturated heterocycles. The number of rotatable bonds is 4. The van der Waals surface area contributed by atoms with Crippen molar-refractivity contribution >= 4 is 17.5 Å². The Labute approximate surface area is 144 Å². The Morgan fingerprint density at radius 3 is 2.46 bits per heavy atom. The van der Waals surface area contributed by atoms with E-state index in [-0.39, 0.29) is 37.5 Å². The molecule has 1 saturated carbocycles. The van der Waals surface area contributed by atoms with Crippen molar-refractivity contribution in [1.29, 1.82) is 0 Å². The molecule has 7 heteroatoms. The minimum Gasteiger partial charge on any atom is -0.496 e. The van der Waals surface area contributed by atoms with E-state index in [9.17, 15) is 18.0 Å². The molecule has 1 fully saturated rings. The van der Waals surface area contributed by atoms with Crippen LogP contribution in [0.25, 0.3) is 0 Å². The monoisotopic (exact) mass is 363 g/mol. The van der Waals surface area contributed by atoms with Gasteiger partial charge in [0.15, 0.2) is 0 Å². The first kappa shape index (κ1) is 18.9. The van der Waals surface area contributed by atoms with Crippen LogP contribution in [-0.4, -0.2) is 31.1 Å². The second-order valence-electron chi connectivity index (χ2n) is 6.24. The molecule has 0 atom stereocenters. The van der Waals surface area contributed by atoms with E-state index < -0.39 is 12.1 Å². The summed E-state index contributed by atoms with van der Waals surface area (Å²) in [5.41, 5.74) is 0.768. The molecule has 24 heavy (non-hydrogen) atoms. The van der Waals surface area contributed by atoms with Gasteiger partial charge in [-0.1, -0.05) is 11.6 Å². The van der Waals surface area contributed by atoms with Gasteiger partial charge in [0.05, 0.1) is 13.0 Å². The molecular formula is C17H21ClF3NO2. The van der Waals surface area contributed by atoms with Gasteiger partial charge in [0.2, 0.25) is 5.91 Å². The lowest BCUT2D eigenvalue weighted by molar-refractivity contribution is -0.185. The van der Waals surface area contributed by atoms with Crippen LogP contribution >= 0.6 is 11.6 Å². The summed E-state index contributed by atoms with van der Waals surface area (Å²) >= 11 is 5.98. The van der Waals surface area contributed by atoms with Crippen LogP contribution in [0.15, 0.2) is 18.2 Å². The van der Waals surface area contributed by atoms with Crippen LogP contribution in [0.1, 0.15) is 31.2 Å². The Kier molecular flexibility index (Phi) is 6.01. The van der Waals surface area contributed by atoms with E-state index >= 15 is 0 Å². The number of alkyl halides is 3. The molecule has 0 unspecified atom stereocenters. The Morgan fingerprint density at radius 2 is 1.92 bits per heavy atom. The lowest BCUT2D eigenvalue weighted by atomic mass is 9.81. The molecule has 0 aliphatic heterocycles. The zero-order valence-electron chi connectivity index (χ0n) is 13.7. The number of methoxy groups -OCH3 is 1.